The Balaban J connectivity index is 2.14. The second-order valence-corrected chi connectivity index (χ2v) is 3.40. The lowest BCUT2D eigenvalue weighted by molar-refractivity contribution is -0.231. The molecule has 1 unspecified atom stereocenters. The van der Waals surface area contributed by atoms with Crippen LogP contribution in [-0.2, 0) is 0 Å². The molecule has 0 aliphatic carbocycles. The summed E-state index contributed by atoms with van der Waals surface area (Å²) >= 11 is 0. The number of ether oxygens (including phenoxy) is 2. The Morgan fingerprint density at radius 3 is 2.50 bits per heavy atom. The molecule has 2 atom stereocenters. The highest BCUT2D eigenvalue weighted by molar-refractivity contribution is 5.40. The summed E-state index contributed by atoms with van der Waals surface area (Å²) in [6.45, 7) is -0.322. The molecule has 1 aromatic rings. The van der Waals surface area contributed by atoms with Crippen LogP contribution >= 0.6 is 0 Å². The van der Waals surface area contributed by atoms with Crippen LogP contribution in [0.25, 0.3) is 0 Å². The van der Waals surface area contributed by atoms with E-state index in [1.165, 1.54) is 6.07 Å². The van der Waals surface area contributed by atoms with Crippen molar-refractivity contribution in [3.8, 4) is 11.5 Å². The maximum absolute atomic E-state index is 12.2. The van der Waals surface area contributed by atoms with Gasteiger partial charge in [-0.2, -0.15) is 13.2 Å². The Labute approximate surface area is 89.4 Å². The number of fused-ring (bicyclic) bond motifs is 1. The zero-order valence-corrected chi connectivity index (χ0v) is 8.07. The Kier molecular flexibility index (Phi) is 2.67. The number of rotatable bonds is 1. The molecule has 0 amide bonds. The fraction of sp³-hybridized carbons (Fsp3) is 0.400. The molecule has 1 aliphatic rings. The number of aliphatic hydroxyl groups is 1. The van der Waals surface area contributed by atoms with Crippen LogP contribution in [0, 0.1) is 0 Å². The van der Waals surface area contributed by atoms with Crippen molar-refractivity contribution in [2.75, 3.05) is 6.61 Å². The number of aliphatic hydroxyl groups excluding tert-OH is 1. The molecule has 0 saturated carbocycles. The van der Waals surface area contributed by atoms with Crippen LogP contribution in [0.15, 0.2) is 24.3 Å². The van der Waals surface area contributed by atoms with Crippen LogP contribution in [0.1, 0.15) is 0 Å². The smallest absolute Gasteiger partial charge is 0.418 e. The number of halogens is 3. The van der Waals surface area contributed by atoms with Gasteiger partial charge in [0.1, 0.15) is 6.61 Å². The zero-order valence-electron chi connectivity index (χ0n) is 8.07. The van der Waals surface area contributed by atoms with Gasteiger partial charge in [0.15, 0.2) is 23.7 Å². The van der Waals surface area contributed by atoms with Crippen molar-refractivity contribution in [3.63, 3.8) is 0 Å². The predicted octanol–water partition coefficient (Wildman–Crippen LogP) is 1.75. The van der Waals surface area contributed by atoms with Crippen molar-refractivity contribution < 1.29 is 27.8 Å². The fourth-order valence-electron chi connectivity index (χ4n) is 1.40. The van der Waals surface area contributed by atoms with E-state index in [4.69, 9.17) is 14.6 Å². The van der Waals surface area contributed by atoms with E-state index in [2.05, 4.69) is 0 Å². The molecule has 2 rings (SSSR count). The summed E-state index contributed by atoms with van der Waals surface area (Å²) in [5.74, 6) is 0.593. The van der Waals surface area contributed by atoms with Crippen molar-refractivity contribution in [3.05, 3.63) is 24.3 Å². The Morgan fingerprint density at radius 1 is 1.25 bits per heavy atom. The van der Waals surface area contributed by atoms with Crippen LogP contribution in [0.5, 0.6) is 11.5 Å². The average molecular weight is 234 g/mol. The monoisotopic (exact) mass is 234 g/mol. The lowest BCUT2D eigenvalue weighted by atomic mass is 10.2. The molecule has 1 aromatic carbocycles. The van der Waals surface area contributed by atoms with E-state index in [-0.39, 0.29) is 12.4 Å². The van der Waals surface area contributed by atoms with Gasteiger partial charge in [-0.25, -0.2) is 0 Å². The van der Waals surface area contributed by atoms with Crippen LogP contribution in [0.4, 0.5) is 13.2 Å². The molecule has 16 heavy (non-hydrogen) atoms. The Bertz CT molecular complexity index is 378. The highest BCUT2D eigenvalue weighted by Gasteiger charge is 2.46. The van der Waals surface area contributed by atoms with Gasteiger partial charge in [0, 0.05) is 0 Å². The van der Waals surface area contributed by atoms with E-state index in [1.54, 1.807) is 18.2 Å². The molecule has 0 aromatic heterocycles. The first kappa shape index (κ1) is 11.1. The Morgan fingerprint density at radius 2 is 1.88 bits per heavy atom. The summed E-state index contributed by atoms with van der Waals surface area (Å²) in [6, 6.07) is 6.38. The number of alkyl halides is 3. The molecule has 1 heterocycles. The molecular formula is C10H9F3O3. The van der Waals surface area contributed by atoms with E-state index in [9.17, 15) is 13.2 Å². The van der Waals surface area contributed by atoms with Gasteiger partial charge in [-0.15, -0.1) is 0 Å². The lowest BCUT2D eigenvalue weighted by Crippen LogP contribution is -2.47. The minimum Gasteiger partial charge on any atom is -0.486 e. The maximum Gasteiger partial charge on any atom is 0.418 e. The first-order chi connectivity index (χ1) is 7.48. The lowest BCUT2D eigenvalue weighted by Gasteiger charge is -2.30. The second kappa shape index (κ2) is 3.86. The van der Waals surface area contributed by atoms with Gasteiger partial charge < -0.3 is 14.6 Å². The van der Waals surface area contributed by atoms with E-state index in [0.29, 0.717) is 5.75 Å². The summed E-state index contributed by atoms with van der Waals surface area (Å²) in [5, 5.41) is 9.01. The summed E-state index contributed by atoms with van der Waals surface area (Å²) < 4.78 is 46.8. The number of hydrogen-bond acceptors (Lipinski definition) is 3. The van der Waals surface area contributed by atoms with E-state index in [0.717, 1.165) is 0 Å². The van der Waals surface area contributed by atoms with Crippen molar-refractivity contribution in [2.24, 2.45) is 0 Å². The molecule has 1 aliphatic heterocycles. The third-order valence-corrected chi connectivity index (χ3v) is 2.22. The summed E-state index contributed by atoms with van der Waals surface area (Å²) in [5.41, 5.74) is 0. The molecule has 1 N–H and O–H groups in total. The topological polar surface area (TPSA) is 38.7 Å². The minimum atomic E-state index is -4.71. The van der Waals surface area contributed by atoms with Crippen molar-refractivity contribution in [1.82, 2.24) is 0 Å². The first-order valence-corrected chi connectivity index (χ1v) is 4.62. The number of hydrogen-bond donors (Lipinski definition) is 1. The summed E-state index contributed by atoms with van der Waals surface area (Å²) in [6.07, 6.45) is -8.67. The number of benzene rings is 1. The van der Waals surface area contributed by atoms with Crippen LogP contribution in [-0.4, -0.2) is 30.1 Å². The summed E-state index contributed by atoms with van der Waals surface area (Å²) in [4.78, 5) is 0. The minimum absolute atomic E-state index is 0.210. The van der Waals surface area contributed by atoms with Crippen molar-refractivity contribution in [1.29, 1.82) is 0 Å². The molecular weight excluding hydrogens is 225 g/mol. The van der Waals surface area contributed by atoms with Crippen LogP contribution < -0.4 is 9.47 Å². The van der Waals surface area contributed by atoms with Gasteiger partial charge in [0.25, 0.3) is 0 Å². The molecule has 0 fully saturated rings. The van der Waals surface area contributed by atoms with E-state index < -0.39 is 18.4 Å². The van der Waals surface area contributed by atoms with E-state index >= 15 is 0 Å². The van der Waals surface area contributed by atoms with Gasteiger partial charge in [-0.05, 0) is 12.1 Å². The highest BCUT2D eigenvalue weighted by atomic mass is 19.4. The van der Waals surface area contributed by atoms with Crippen LogP contribution in [0.2, 0.25) is 0 Å². The molecule has 3 nitrogen and oxygen atoms in total. The van der Waals surface area contributed by atoms with Gasteiger partial charge in [-0.3, -0.25) is 0 Å². The molecule has 0 saturated heterocycles. The molecule has 0 radical (unpaired) electrons. The third-order valence-electron chi connectivity index (χ3n) is 2.22. The maximum atomic E-state index is 12.2. The third kappa shape index (κ3) is 2.06. The standard InChI is InChI=1S/C10H9F3O3/c11-10(12,13)9(14)8-5-15-6-3-1-2-4-7(6)16-8/h1-4,8-9,14H,5H2/t8?,9-/m1/s1. The fourth-order valence-corrected chi connectivity index (χ4v) is 1.40. The van der Waals surface area contributed by atoms with Gasteiger partial charge >= 0.3 is 6.18 Å². The summed E-state index contributed by atoms with van der Waals surface area (Å²) in [7, 11) is 0. The van der Waals surface area contributed by atoms with Crippen LogP contribution in [0.3, 0.4) is 0 Å². The van der Waals surface area contributed by atoms with Gasteiger partial charge in [-0.1, -0.05) is 12.1 Å². The first-order valence-electron chi connectivity index (χ1n) is 4.62. The molecule has 88 valence electrons. The van der Waals surface area contributed by atoms with E-state index in [1.807, 2.05) is 0 Å². The van der Waals surface area contributed by atoms with Gasteiger partial charge in [0.05, 0.1) is 0 Å². The molecule has 0 bridgehead atoms. The number of para-hydroxylation sites is 2. The van der Waals surface area contributed by atoms with Gasteiger partial charge in [0.2, 0.25) is 0 Å². The molecule has 6 heteroatoms. The predicted molar refractivity (Wildman–Crippen MR) is 48.4 cm³/mol. The quantitative estimate of drug-likeness (QED) is 0.804. The van der Waals surface area contributed by atoms with Crippen molar-refractivity contribution >= 4 is 0 Å². The highest BCUT2D eigenvalue weighted by Crippen LogP contribution is 2.34. The second-order valence-electron chi connectivity index (χ2n) is 3.40. The average Bonchev–Trinajstić information content (AvgIpc) is 2.26. The normalized spacial score (nSPS) is 21.6. The largest absolute Gasteiger partial charge is 0.486 e. The SMILES string of the molecule is O[C@H](C1COc2ccccc2O1)C(F)(F)F. The Hall–Kier alpha value is -1.43. The zero-order chi connectivity index (χ0) is 11.8. The molecule has 0 spiro atoms. The van der Waals surface area contributed by atoms with Crippen molar-refractivity contribution in [2.45, 2.75) is 18.4 Å².